The quantitative estimate of drug-likeness (QED) is 0.205. The molecule has 2 aromatic carbocycles. The molecule has 14 heteroatoms. The van der Waals surface area contributed by atoms with E-state index in [1.165, 1.54) is 24.3 Å². The van der Waals surface area contributed by atoms with Crippen LogP contribution in [0.4, 0.5) is 35.1 Å². The van der Waals surface area contributed by atoms with Crippen LogP contribution in [0.1, 0.15) is 0 Å². The van der Waals surface area contributed by atoms with E-state index < -0.39 is 55.7 Å². The van der Waals surface area contributed by atoms with Crippen LogP contribution in [0.3, 0.4) is 0 Å². The third-order valence-corrected chi connectivity index (χ3v) is 8.39. The summed E-state index contributed by atoms with van der Waals surface area (Å²) < 4.78 is 114. The van der Waals surface area contributed by atoms with Gasteiger partial charge >= 0.3 is 22.4 Å². The number of thioether (sulfide) groups is 2. The molecule has 0 atom stereocenters. The first kappa shape index (κ1) is 26.7. The maximum atomic E-state index is 14.2. The van der Waals surface area contributed by atoms with E-state index in [1.54, 1.807) is 0 Å². The lowest BCUT2D eigenvalue weighted by molar-refractivity contribution is -0.322. The molecule has 0 spiro atoms. The molecule has 2 rings (SSSR count). The van der Waals surface area contributed by atoms with Crippen molar-refractivity contribution in [1.82, 2.24) is 0 Å². The molecule has 0 nitrogen and oxygen atoms in total. The fourth-order valence-corrected chi connectivity index (χ4v) is 6.12. The minimum Gasteiger partial charge on any atom is -0.191 e. The molecule has 0 heterocycles. The molecule has 0 N–H and O–H groups in total. The molecular formula is C16H6Br4F8S2. The maximum Gasteiger partial charge on any atom is 0.389 e. The molecule has 0 unspecified atom stereocenters. The lowest BCUT2D eigenvalue weighted by atomic mass is 10.2. The van der Waals surface area contributed by atoms with Crippen LogP contribution < -0.4 is 0 Å². The van der Waals surface area contributed by atoms with Crippen LogP contribution in [0.25, 0.3) is 0 Å². The van der Waals surface area contributed by atoms with Gasteiger partial charge in [0.1, 0.15) is 0 Å². The van der Waals surface area contributed by atoms with Gasteiger partial charge in [-0.1, -0.05) is 31.9 Å². The van der Waals surface area contributed by atoms with Crippen molar-refractivity contribution in [2.24, 2.45) is 0 Å². The van der Waals surface area contributed by atoms with Crippen LogP contribution in [0.15, 0.2) is 64.1 Å². The van der Waals surface area contributed by atoms with Crippen molar-refractivity contribution >= 4 is 87.2 Å². The normalized spacial score (nSPS) is 13.6. The minimum absolute atomic E-state index is 0.111. The van der Waals surface area contributed by atoms with Gasteiger partial charge in [0.05, 0.1) is 0 Å². The summed E-state index contributed by atoms with van der Waals surface area (Å²) in [5, 5.41) is -11.1. The molecule has 2 aromatic rings. The van der Waals surface area contributed by atoms with Gasteiger partial charge in [-0.3, -0.25) is 0 Å². The molecular weight excluding hydrogens is 728 g/mol. The van der Waals surface area contributed by atoms with Gasteiger partial charge in [-0.2, -0.15) is 35.1 Å². The zero-order valence-electron chi connectivity index (χ0n) is 13.8. The number of alkyl halides is 8. The summed E-state index contributed by atoms with van der Waals surface area (Å²) >= 11 is 9.80. The summed E-state index contributed by atoms with van der Waals surface area (Å²) in [5.41, 5.74) is 0. The second-order valence-corrected chi connectivity index (χ2v) is 11.4. The third kappa shape index (κ3) is 5.35. The molecule has 0 radical (unpaired) electrons. The number of benzene rings is 2. The molecule has 30 heavy (non-hydrogen) atoms. The third-order valence-electron chi connectivity index (χ3n) is 3.39. The summed E-state index contributed by atoms with van der Waals surface area (Å²) in [6.07, 6.45) is 0. The van der Waals surface area contributed by atoms with E-state index >= 15 is 0 Å². The molecule has 0 saturated carbocycles. The van der Waals surface area contributed by atoms with Crippen molar-refractivity contribution in [3.8, 4) is 0 Å². The van der Waals surface area contributed by atoms with Crippen LogP contribution in [0.2, 0.25) is 0 Å². The van der Waals surface area contributed by atoms with Crippen molar-refractivity contribution < 1.29 is 35.1 Å². The molecule has 166 valence electrons. The van der Waals surface area contributed by atoms with Crippen LogP contribution in [0.5, 0.6) is 0 Å². The highest BCUT2D eigenvalue weighted by Gasteiger charge is 2.81. The van der Waals surface area contributed by atoms with Gasteiger partial charge in [-0.05, 0) is 91.8 Å². The Morgan fingerprint density at radius 1 is 0.533 bits per heavy atom. The largest absolute Gasteiger partial charge is 0.389 e. The van der Waals surface area contributed by atoms with E-state index in [4.69, 9.17) is 0 Å². The van der Waals surface area contributed by atoms with Gasteiger partial charge < -0.3 is 0 Å². The zero-order valence-corrected chi connectivity index (χ0v) is 21.8. The Labute approximate surface area is 207 Å². The predicted octanol–water partition coefficient (Wildman–Crippen LogP) is 10.1. The topological polar surface area (TPSA) is 0 Å². The number of hydrogen-bond donors (Lipinski definition) is 0. The molecule has 0 aliphatic carbocycles. The molecule has 0 aliphatic heterocycles. The van der Waals surface area contributed by atoms with E-state index in [0.29, 0.717) is 8.95 Å². The van der Waals surface area contributed by atoms with Gasteiger partial charge in [0.15, 0.2) is 0 Å². The van der Waals surface area contributed by atoms with E-state index in [-0.39, 0.29) is 8.95 Å². The first-order valence-corrected chi connectivity index (χ1v) is 12.1. The van der Waals surface area contributed by atoms with Gasteiger partial charge in [0.2, 0.25) is 0 Å². The highest BCUT2D eigenvalue weighted by Crippen LogP contribution is 2.61. The lowest BCUT2D eigenvalue weighted by Gasteiger charge is -2.36. The highest BCUT2D eigenvalue weighted by molar-refractivity contribution is 9.11. The Balaban J connectivity index is 2.38. The van der Waals surface area contributed by atoms with Crippen LogP contribution in [-0.4, -0.2) is 22.4 Å². The van der Waals surface area contributed by atoms with Crippen molar-refractivity contribution in [1.29, 1.82) is 0 Å². The van der Waals surface area contributed by atoms with Gasteiger partial charge in [-0.25, -0.2) is 0 Å². The predicted molar refractivity (Wildman–Crippen MR) is 115 cm³/mol. The van der Waals surface area contributed by atoms with E-state index in [1.807, 2.05) is 0 Å². The molecule has 0 saturated heterocycles. The Bertz CT molecular complexity index is 864. The van der Waals surface area contributed by atoms with E-state index in [9.17, 15) is 35.1 Å². The minimum atomic E-state index is -6.39. The average Bonchev–Trinajstić information content (AvgIpc) is 2.59. The SMILES string of the molecule is FC(F)(Sc1ccc(Br)cc1Br)C(F)(F)C(F)(F)C(F)(F)Sc1ccc(Br)cc1Br. The monoisotopic (exact) mass is 730 g/mol. The van der Waals surface area contributed by atoms with Crippen molar-refractivity contribution in [3.63, 3.8) is 0 Å². The fourth-order valence-electron chi connectivity index (χ4n) is 1.89. The first-order chi connectivity index (χ1) is 13.5. The maximum absolute atomic E-state index is 14.2. The van der Waals surface area contributed by atoms with Crippen LogP contribution in [0, 0.1) is 0 Å². The van der Waals surface area contributed by atoms with Crippen LogP contribution >= 0.6 is 87.2 Å². The van der Waals surface area contributed by atoms with Crippen molar-refractivity contribution in [3.05, 3.63) is 54.3 Å². The molecule has 0 aromatic heterocycles. The second-order valence-electron chi connectivity index (χ2n) is 5.54. The van der Waals surface area contributed by atoms with Gasteiger partial charge in [0, 0.05) is 27.7 Å². The zero-order chi connectivity index (χ0) is 23.1. The number of hydrogen-bond acceptors (Lipinski definition) is 2. The van der Waals surface area contributed by atoms with Crippen molar-refractivity contribution in [2.75, 3.05) is 0 Å². The van der Waals surface area contributed by atoms with Crippen molar-refractivity contribution in [2.45, 2.75) is 32.1 Å². The van der Waals surface area contributed by atoms with Crippen LogP contribution in [-0.2, 0) is 0 Å². The fraction of sp³-hybridized carbons (Fsp3) is 0.250. The van der Waals surface area contributed by atoms with E-state index in [2.05, 4.69) is 63.7 Å². The Morgan fingerprint density at radius 3 is 1.10 bits per heavy atom. The summed E-state index contributed by atoms with van der Waals surface area (Å²) in [7, 11) is 0. The Kier molecular flexibility index (Phi) is 8.38. The average molecular weight is 734 g/mol. The molecule has 0 fully saturated rings. The number of rotatable bonds is 7. The Hall–Kier alpha value is 0.500. The van der Waals surface area contributed by atoms with Gasteiger partial charge in [-0.15, -0.1) is 0 Å². The number of halogens is 12. The highest BCUT2D eigenvalue weighted by atomic mass is 79.9. The Morgan fingerprint density at radius 2 is 0.833 bits per heavy atom. The van der Waals surface area contributed by atoms with Gasteiger partial charge in [0.25, 0.3) is 0 Å². The molecule has 0 bridgehead atoms. The first-order valence-electron chi connectivity index (χ1n) is 7.31. The summed E-state index contributed by atoms with van der Waals surface area (Å²) in [5.74, 6) is -12.8. The standard InChI is InChI=1S/C16H6Br4F8S2/c17-7-1-3-11(9(19)5-7)29-15(25,26)13(21,22)14(23,24)16(27,28)30-12-4-2-8(18)6-10(12)20/h1-6H. The molecule has 0 aliphatic rings. The molecule has 0 amide bonds. The smallest absolute Gasteiger partial charge is 0.191 e. The lowest BCUT2D eigenvalue weighted by Crippen LogP contribution is -2.60. The van der Waals surface area contributed by atoms with E-state index in [0.717, 1.165) is 12.1 Å². The summed E-state index contributed by atoms with van der Waals surface area (Å²) in [6.45, 7) is 0. The second kappa shape index (κ2) is 9.40. The summed E-state index contributed by atoms with van der Waals surface area (Å²) in [4.78, 5) is -1.07. The summed E-state index contributed by atoms with van der Waals surface area (Å²) in [6, 6.07) is 6.73.